The Bertz CT molecular complexity index is 335. The van der Waals surface area contributed by atoms with Gasteiger partial charge in [-0.1, -0.05) is 24.6 Å². The number of halogens is 1. The number of anilines is 1. The predicted molar refractivity (Wildman–Crippen MR) is 69.9 cm³/mol. The molecule has 90 valence electrons. The quantitative estimate of drug-likeness (QED) is 0.855. The van der Waals surface area contributed by atoms with Crippen LogP contribution in [0, 0.1) is 12.8 Å². The Morgan fingerprint density at radius 2 is 1.75 bits per heavy atom. The van der Waals surface area contributed by atoms with Crippen molar-refractivity contribution < 1.29 is 4.79 Å². The maximum atomic E-state index is 11.6. The van der Waals surface area contributed by atoms with Crippen LogP contribution >= 0.6 is 12.4 Å². The number of rotatable bonds is 3. The number of hydrogen-bond acceptors (Lipinski definition) is 2. The molecule has 0 aliphatic rings. The zero-order chi connectivity index (χ0) is 11.4. The van der Waals surface area contributed by atoms with Crippen molar-refractivity contribution in [3.63, 3.8) is 0 Å². The topological polar surface area (TPSA) is 55.1 Å². The number of carbonyl (C=O) groups excluding carboxylic acids is 1. The smallest absolute Gasteiger partial charge is 0.228 e. The van der Waals surface area contributed by atoms with Crippen LogP contribution in [0.5, 0.6) is 0 Å². The SMILES string of the molecule is Cc1ccc(NC(=O)C(C)C(C)N)cc1.Cl. The zero-order valence-corrected chi connectivity index (χ0v) is 10.7. The maximum absolute atomic E-state index is 11.6. The highest BCUT2D eigenvalue weighted by molar-refractivity contribution is 5.92. The molecule has 0 bridgehead atoms. The number of nitrogens with two attached hydrogens (primary N) is 1. The average molecular weight is 243 g/mol. The summed E-state index contributed by atoms with van der Waals surface area (Å²) in [7, 11) is 0. The number of nitrogens with one attached hydrogen (secondary N) is 1. The van der Waals surface area contributed by atoms with Crippen molar-refractivity contribution in [2.24, 2.45) is 11.7 Å². The molecule has 0 heterocycles. The van der Waals surface area contributed by atoms with Crippen molar-refractivity contribution in [2.45, 2.75) is 26.8 Å². The molecule has 0 fully saturated rings. The van der Waals surface area contributed by atoms with E-state index in [1.165, 1.54) is 5.56 Å². The summed E-state index contributed by atoms with van der Waals surface area (Å²) in [5.74, 6) is -0.208. The van der Waals surface area contributed by atoms with Gasteiger partial charge in [-0.15, -0.1) is 12.4 Å². The van der Waals surface area contributed by atoms with Crippen LogP contribution in [0.25, 0.3) is 0 Å². The largest absolute Gasteiger partial charge is 0.327 e. The van der Waals surface area contributed by atoms with Crippen LogP contribution in [-0.2, 0) is 4.79 Å². The number of carbonyl (C=O) groups is 1. The molecule has 1 rings (SSSR count). The molecule has 0 saturated carbocycles. The molecule has 0 saturated heterocycles. The van der Waals surface area contributed by atoms with Crippen molar-refractivity contribution in [3.05, 3.63) is 29.8 Å². The summed E-state index contributed by atoms with van der Waals surface area (Å²) in [6.45, 7) is 5.67. The first kappa shape index (κ1) is 14.9. The van der Waals surface area contributed by atoms with Gasteiger partial charge in [-0.25, -0.2) is 0 Å². The van der Waals surface area contributed by atoms with Gasteiger partial charge in [0.2, 0.25) is 5.91 Å². The predicted octanol–water partition coefficient (Wildman–Crippen LogP) is 2.34. The van der Waals surface area contributed by atoms with Gasteiger partial charge in [0.1, 0.15) is 0 Å². The lowest BCUT2D eigenvalue weighted by Crippen LogP contribution is -2.34. The average Bonchev–Trinajstić information content (AvgIpc) is 2.20. The lowest BCUT2D eigenvalue weighted by molar-refractivity contribution is -0.119. The zero-order valence-electron chi connectivity index (χ0n) is 9.86. The maximum Gasteiger partial charge on any atom is 0.228 e. The number of benzene rings is 1. The molecule has 16 heavy (non-hydrogen) atoms. The minimum atomic E-state index is -0.175. The van der Waals surface area contributed by atoms with Crippen LogP contribution in [-0.4, -0.2) is 11.9 Å². The van der Waals surface area contributed by atoms with E-state index in [4.69, 9.17) is 5.73 Å². The summed E-state index contributed by atoms with van der Waals surface area (Å²) < 4.78 is 0. The van der Waals surface area contributed by atoms with Gasteiger partial charge in [0, 0.05) is 11.7 Å². The van der Waals surface area contributed by atoms with Gasteiger partial charge in [-0.05, 0) is 26.0 Å². The first-order valence-corrected chi connectivity index (χ1v) is 5.14. The van der Waals surface area contributed by atoms with E-state index in [0.717, 1.165) is 5.69 Å². The Morgan fingerprint density at radius 1 is 1.25 bits per heavy atom. The second-order valence-corrected chi connectivity index (χ2v) is 4.00. The molecule has 0 spiro atoms. The summed E-state index contributed by atoms with van der Waals surface area (Å²) in [5, 5.41) is 2.83. The van der Waals surface area contributed by atoms with Crippen molar-refractivity contribution in [2.75, 3.05) is 5.32 Å². The fraction of sp³-hybridized carbons (Fsp3) is 0.417. The molecule has 0 aliphatic carbocycles. The standard InChI is InChI=1S/C12H18N2O.ClH/c1-8-4-6-11(7-5-8)14-12(15)9(2)10(3)13;/h4-7,9-10H,13H2,1-3H3,(H,14,15);1H. The molecule has 0 aromatic heterocycles. The molecule has 3 nitrogen and oxygen atoms in total. The first-order chi connectivity index (χ1) is 7.00. The van der Waals surface area contributed by atoms with E-state index >= 15 is 0 Å². The molecular formula is C12H19ClN2O. The fourth-order valence-electron chi connectivity index (χ4n) is 1.13. The van der Waals surface area contributed by atoms with E-state index in [9.17, 15) is 4.79 Å². The van der Waals surface area contributed by atoms with E-state index in [1.54, 1.807) is 0 Å². The normalized spacial score (nSPS) is 13.5. The minimum Gasteiger partial charge on any atom is -0.327 e. The van der Waals surface area contributed by atoms with E-state index in [2.05, 4.69) is 5.32 Å². The third-order valence-corrected chi connectivity index (χ3v) is 2.52. The molecule has 1 aromatic carbocycles. The molecule has 2 unspecified atom stereocenters. The molecule has 2 atom stereocenters. The van der Waals surface area contributed by atoms with Crippen molar-refractivity contribution >= 4 is 24.0 Å². The third-order valence-electron chi connectivity index (χ3n) is 2.52. The van der Waals surface area contributed by atoms with Crippen LogP contribution in [0.15, 0.2) is 24.3 Å². The van der Waals surface area contributed by atoms with Crippen LogP contribution in [0.3, 0.4) is 0 Å². The van der Waals surface area contributed by atoms with Gasteiger partial charge in [0.15, 0.2) is 0 Å². The van der Waals surface area contributed by atoms with Crippen molar-refractivity contribution in [1.29, 1.82) is 0 Å². The van der Waals surface area contributed by atoms with Crippen LogP contribution in [0.4, 0.5) is 5.69 Å². The third kappa shape index (κ3) is 4.21. The number of amides is 1. The van der Waals surface area contributed by atoms with Crippen molar-refractivity contribution in [3.8, 4) is 0 Å². The summed E-state index contributed by atoms with van der Waals surface area (Å²) >= 11 is 0. The van der Waals surface area contributed by atoms with E-state index in [-0.39, 0.29) is 30.3 Å². The molecule has 0 radical (unpaired) electrons. The Morgan fingerprint density at radius 3 is 2.19 bits per heavy atom. The summed E-state index contributed by atoms with van der Waals surface area (Å²) in [6, 6.07) is 7.58. The Hall–Kier alpha value is -1.06. The van der Waals surface area contributed by atoms with Crippen molar-refractivity contribution in [1.82, 2.24) is 0 Å². The second-order valence-electron chi connectivity index (χ2n) is 4.00. The highest BCUT2D eigenvalue weighted by atomic mass is 35.5. The van der Waals surface area contributed by atoms with Crippen LogP contribution in [0.1, 0.15) is 19.4 Å². The lowest BCUT2D eigenvalue weighted by Gasteiger charge is -2.15. The molecule has 3 N–H and O–H groups in total. The molecule has 4 heteroatoms. The molecular weight excluding hydrogens is 224 g/mol. The van der Waals surface area contributed by atoms with E-state index in [1.807, 2.05) is 45.0 Å². The molecule has 1 aromatic rings. The van der Waals surface area contributed by atoms with Crippen LogP contribution in [0.2, 0.25) is 0 Å². The van der Waals surface area contributed by atoms with E-state index in [0.29, 0.717) is 0 Å². The highest BCUT2D eigenvalue weighted by Gasteiger charge is 2.16. The van der Waals surface area contributed by atoms with Crippen LogP contribution < -0.4 is 11.1 Å². The summed E-state index contributed by atoms with van der Waals surface area (Å²) in [4.78, 5) is 11.6. The molecule has 0 aliphatic heterocycles. The summed E-state index contributed by atoms with van der Waals surface area (Å²) in [6.07, 6.45) is 0. The Labute approximate surface area is 103 Å². The Kier molecular flexibility index (Phi) is 6.08. The molecule has 1 amide bonds. The van der Waals surface area contributed by atoms with Gasteiger partial charge in [0.05, 0.1) is 5.92 Å². The van der Waals surface area contributed by atoms with Gasteiger partial charge in [-0.2, -0.15) is 0 Å². The van der Waals surface area contributed by atoms with Gasteiger partial charge in [-0.3, -0.25) is 4.79 Å². The second kappa shape index (κ2) is 6.51. The lowest BCUT2D eigenvalue weighted by atomic mass is 10.0. The fourth-order valence-corrected chi connectivity index (χ4v) is 1.13. The number of hydrogen-bond donors (Lipinski definition) is 2. The Balaban J connectivity index is 0.00000225. The number of aryl methyl sites for hydroxylation is 1. The summed E-state index contributed by atoms with van der Waals surface area (Å²) in [5.41, 5.74) is 7.65. The van der Waals surface area contributed by atoms with Gasteiger partial charge < -0.3 is 11.1 Å². The minimum absolute atomic E-state index is 0. The first-order valence-electron chi connectivity index (χ1n) is 5.14. The monoisotopic (exact) mass is 242 g/mol. The van der Waals surface area contributed by atoms with Gasteiger partial charge in [0.25, 0.3) is 0 Å². The highest BCUT2D eigenvalue weighted by Crippen LogP contribution is 2.11. The van der Waals surface area contributed by atoms with Gasteiger partial charge >= 0.3 is 0 Å². The van der Waals surface area contributed by atoms with E-state index < -0.39 is 0 Å².